The van der Waals surface area contributed by atoms with E-state index in [0.29, 0.717) is 55.8 Å². The third kappa shape index (κ3) is 7.66. The number of nitrogens with zero attached hydrogens (tertiary/aromatic N) is 3. The van der Waals surface area contributed by atoms with Crippen molar-refractivity contribution in [1.82, 2.24) is 24.8 Å². The molecule has 1 aromatic carbocycles. The van der Waals surface area contributed by atoms with Crippen LogP contribution < -0.4 is 24.2 Å². The number of fused-ring (bicyclic) bond motifs is 5. The van der Waals surface area contributed by atoms with Gasteiger partial charge in [-0.1, -0.05) is 26.0 Å². The lowest BCUT2D eigenvalue weighted by Crippen LogP contribution is -2.62. The van der Waals surface area contributed by atoms with Crippen LogP contribution in [-0.4, -0.2) is 106 Å². The minimum Gasteiger partial charge on any atom is -0.486 e. The smallest absolute Gasteiger partial charge is 0.408 e. The normalized spacial score (nSPS) is 30.5. The number of pyridine rings is 1. The molecule has 15 nitrogen and oxygen atoms in total. The molecular formula is C39H51N5O10S. The summed E-state index contributed by atoms with van der Waals surface area (Å²) in [5, 5.41) is 14.2. The number of carbonyl (C=O) groups is 4. The molecule has 4 heterocycles. The van der Waals surface area contributed by atoms with Crippen LogP contribution in [0, 0.1) is 17.8 Å². The monoisotopic (exact) mass is 781 g/mol. The summed E-state index contributed by atoms with van der Waals surface area (Å²) >= 11 is 0. The first-order chi connectivity index (χ1) is 26.0. The van der Waals surface area contributed by atoms with Gasteiger partial charge in [0.25, 0.3) is 5.91 Å². The van der Waals surface area contributed by atoms with E-state index in [-0.39, 0.29) is 31.2 Å². The van der Waals surface area contributed by atoms with Crippen LogP contribution in [0.25, 0.3) is 10.8 Å². The zero-order valence-electron chi connectivity index (χ0n) is 31.9. The molecule has 2 saturated carbocycles. The fourth-order valence-corrected chi connectivity index (χ4v) is 9.82. The molecular weight excluding hydrogens is 731 g/mol. The maximum Gasteiger partial charge on any atom is 0.408 e. The molecule has 7 rings (SSSR count). The van der Waals surface area contributed by atoms with Crippen molar-refractivity contribution in [2.45, 2.75) is 114 Å². The van der Waals surface area contributed by atoms with Crippen LogP contribution in [0.1, 0.15) is 79.6 Å². The van der Waals surface area contributed by atoms with Gasteiger partial charge < -0.3 is 29.5 Å². The highest BCUT2D eigenvalue weighted by molar-refractivity contribution is 7.91. The van der Waals surface area contributed by atoms with Crippen LogP contribution >= 0.6 is 0 Å². The van der Waals surface area contributed by atoms with E-state index in [1.54, 1.807) is 39.1 Å². The summed E-state index contributed by atoms with van der Waals surface area (Å²) in [7, 11) is -3.92. The Morgan fingerprint density at radius 1 is 1.07 bits per heavy atom. The molecule has 4 amide bonds. The molecule has 298 valence electrons. The summed E-state index contributed by atoms with van der Waals surface area (Å²) in [5.74, 6) is -1.40. The van der Waals surface area contributed by atoms with E-state index in [4.69, 9.17) is 14.2 Å². The number of aromatic nitrogens is 1. The van der Waals surface area contributed by atoms with E-state index in [1.807, 2.05) is 25.1 Å². The zero-order valence-corrected chi connectivity index (χ0v) is 32.8. The number of sulfonamides is 1. The predicted molar refractivity (Wildman–Crippen MR) is 201 cm³/mol. The van der Waals surface area contributed by atoms with Crippen LogP contribution in [0.4, 0.5) is 4.79 Å². The standard InChI is InChI=1S/C39H51N5O10S/c1-22-8-6-7-9-24-20-39(24,36(47)42-55(50,51)26-10-11-26)41-33(45)29-19-25(21-43(29)35(46)31(23(2)18-22)44(37(48)49)38(3,4)5)54-34-28-12-13-30-32(53-17-16-52-30)27(28)14-15-40-34/h7,9,12-15,22-26,29,31H,6,8,10-11,16-21H2,1-5H3,(H,41,45)(H,42,47)(H,48,49)/b9-7-/t22-,23-,24-,25-,29+,31+,39-/m1/s1. The molecule has 0 unspecified atom stereocenters. The zero-order chi connectivity index (χ0) is 39.4. The minimum atomic E-state index is -3.92. The van der Waals surface area contributed by atoms with Gasteiger partial charge in [-0.05, 0) is 89.3 Å². The molecule has 5 aliphatic rings. The van der Waals surface area contributed by atoms with Gasteiger partial charge in [0, 0.05) is 34.8 Å². The van der Waals surface area contributed by atoms with E-state index < -0.39 is 80.2 Å². The lowest BCUT2D eigenvalue weighted by molar-refractivity contribution is -0.146. The van der Waals surface area contributed by atoms with E-state index in [2.05, 4.69) is 21.9 Å². The van der Waals surface area contributed by atoms with Crippen LogP contribution in [0.2, 0.25) is 0 Å². The quantitative estimate of drug-likeness (QED) is 0.359. The van der Waals surface area contributed by atoms with E-state index in [9.17, 15) is 27.9 Å². The summed E-state index contributed by atoms with van der Waals surface area (Å²) in [6, 6.07) is 3.04. The number of amides is 4. The molecule has 2 aliphatic carbocycles. The first-order valence-corrected chi connectivity index (χ1v) is 20.8. The molecule has 55 heavy (non-hydrogen) atoms. The summed E-state index contributed by atoms with van der Waals surface area (Å²) in [6.45, 7) is 9.85. The number of carbonyl (C=O) groups excluding carboxylic acids is 3. The van der Waals surface area contributed by atoms with Gasteiger partial charge >= 0.3 is 6.09 Å². The van der Waals surface area contributed by atoms with Gasteiger partial charge in [0.05, 0.1) is 11.8 Å². The predicted octanol–water partition coefficient (Wildman–Crippen LogP) is 4.00. The van der Waals surface area contributed by atoms with Crippen molar-refractivity contribution in [2.24, 2.45) is 17.8 Å². The summed E-state index contributed by atoms with van der Waals surface area (Å²) in [6.07, 6.45) is 6.38. The topological polar surface area (TPSA) is 194 Å². The second-order valence-electron chi connectivity index (χ2n) is 16.8. The molecule has 0 bridgehead atoms. The van der Waals surface area contributed by atoms with Gasteiger partial charge in [0.15, 0.2) is 11.5 Å². The Morgan fingerprint density at radius 2 is 1.82 bits per heavy atom. The third-order valence-electron chi connectivity index (χ3n) is 11.5. The van der Waals surface area contributed by atoms with Gasteiger partial charge in [-0.25, -0.2) is 18.2 Å². The van der Waals surface area contributed by atoms with Crippen molar-refractivity contribution in [3.63, 3.8) is 0 Å². The van der Waals surface area contributed by atoms with Crippen molar-refractivity contribution in [3.05, 3.63) is 36.5 Å². The van der Waals surface area contributed by atoms with Gasteiger partial charge in [-0.2, -0.15) is 0 Å². The number of hydrogen-bond acceptors (Lipinski definition) is 10. The average Bonchev–Trinajstić information content (AvgIpc) is 4.04. The second-order valence-corrected chi connectivity index (χ2v) is 18.8. The van der Waals surface area contributed by atoms with E-state index >= 15 is 4.79 Å². The highest BCUT2D eigenvalue weighted by Gasteiger charge is 2.62. The Hall–Kier alpha value is -4.60. The number of rotatable bonds is 6. The Balaban J connectivity index is 1.26. The lowest BCUT2D eigenvalue weighted by Gasteiger charge is -2.43. The van der Waals surface area contributed by atoms with Gasteiger partial charge in [0.2, 0.25) is 27.7 Å². The van der Waals surface area contributed by atoms with Crippen LogP contribution in [0.5, 0.6) is 17.4 Å². The summed E-state index contributed by atoms with van der Waals surface area (Å²) in [4.78, 5) is 63.4. The maximum absolute atomic E-state index is 15.0. The average molecular weight is 782 g/mol. The van der Waals surface area contributed by atoms with Crippen molar-refractivity contribution in [3.8, 4) is 17.4 Å². The molecule has 2 aromatic rings. The Morgan fingerprint density at radius 3 is 2.53 bits per heavy atom. The number of allylic oxidation sites excluding steroid dienone is 1. The van der Waals surface area contributed by atoms with Crippen molar-refractivity contribution < 1.29 is 46.9 Å². The molecule has 0 radical (unpaired) electrons. The van der Waals surface area contributed by atoms with Gasteiger partial charge in [-0.3, -0.25) is 24.0 Å². The van der Waals surface area contributed by atoms with Crippen molar-refractivity contribution in [2.75, 3.05) is 19.8 Å². The van der Waals surface area contributed by atoms with Crippen LogP contribution in [0.3, 0.4) is 0 Å². The Kier molecular flexibility index (Phi) is 10.2. The largest absolute Gasteiger partial charge is 0.486 e. The SMILES string of the molecule is C[C@@H]1CC/C=C\[C@@H]2C[C@@]2(C(=O)NS(=O)(=O)C2CC2)NC(=O)[C@@H]2C[C@@H](Oc3nccc4c5c(ccc34)OCCO5)CN2C(=O)[C@@H](N(C(=O)O)C(C)(C)C)[C@H](C)C1. The highest BCUT2D eigenvalue weighted by atomic mass is 32.2. The molecule has 1 saturated heterocycles. The summed E-state index contributed by atoms with van der Waals surface area (Å²) in [5.41, 5.74) is -2.52. The molecule has 3 N–H and O–H groups in total. The minimum absolute atomic E-state index is 0.00113. The molecule has 1 aromatic heterocycles. The number of carboxylic acid groups (broad SMARTS) is 1. The lowest BCUT2D eigenvalue weighted by atomic mass is 9.85. The molecule has 16 heteroatoms. The maximum atomic E-state index is 15.0. The molecule has 7 atom stereocenters. The number of benzene rings is 1. The number of nitrogens with one attached hydrogen (secondary N) is 2. The first-order valence-electron chi connectivity index (χ1n) is 19.2. The third-order valence-corrected chi connectivity index (χ3v) is 13.3. The van der Waals surface area contributed by atoms with Crippen molar-refractivity contribution in [1.29, 1.82) is 0 Å². The van der Waals surface area contributed by atoms with Crippen molar-refractivity contribution >= 4 is 44.6 Å². The Labute approximate surface area is 321 Å². The van der Waals surface area contributed by atoms with Gasteiger partial charge in [0.1, 0.15) is 36.9 Å². The second kappa shape index (κ2) is 14.5. The van der Waals surface area contributed by atoms with E-state index in [0.717, 1.165) is 11.8 Å². The molecule has 0 spiro atoms. The first kappa shape index (κ1) is 38.7. The van der Waals surface area contributed by atoms with Crippen LogP contribution in [-0.2, 0) is 24.4 Å². The fraction of sp³-hybridized carbons (Fsp3) is 0.615. The summed E-state index contributed by atoms with van der Waals surface area (Å²) < 4.78 is 46.2. The molecule has 3 aliphatic heterocycles. The van der Waals surface area contributed by atoms with Crippen LogP contribution in [0.15, 0.2) is 36.5 Å². The van der Waals surface area contributed by atoms with E-state index in [1.165, 1.54) is 9.80 Å². The molecule has 3 fully saturated rings. The number of hydrogen-bond donors (Lipinski definition) is 3. The number of ether oxygens (including phenoxy) is 3. The highest BCUT2D eigenvalue weighted by Crippen LogP contribution is 2.47. The fourth-order valence-electron chi connectivity index (χ4n) is 8.46. The van der Waals surface area contributed by atoms with Gasteiger partial charge in [-0.15, -0.1) is 0 Å². The Bertz CT molecular complexity index is 2010.